The van der Waals surface area contributed by atoms with E-state index < -0.39 is 79.1 Å². The summed E-state index contributed by atoms with van der Waals surface area (Å²) >= 11 is 0. The number of β-amino-alcohol motifs (C(OH)–C–C–N with tert-alkyl or cyclic N) is 1. The number of likely N-dealkylation sites (tertiary alicyclic amines) is 1. The van der Waals surface area contributed by atoms with Crippen molar-refractivity contribution in [3.05, 3.63) is 35.6 Å². The van der Waals surface area contributed by atoms with Crippen LogP contribution >= 0.6 is 0 Å². The van der Waals surface area contributed by atoms with Gasteiger partial charge in [0.2, 0.25) is 21.8 Å². The molecule has 1 saturated heterocycles. The molecule has 2 saturated carbocycles. The number of sulfonamides is 1. The minimum atomic E-state index is -3.85. The highest BCUT2D eigenvalue weighted by molar-refractivity contribution is 7.91. The van der Waals surface area contributed by atoms with Crippen LogP contribution < -0.4 is 15.4 Å². The number of benzene rings is 1. The van der Waals surface area contributed by atoms with Crippen LogP contribution in [0.5, 0.6) is 0 Å². The van der Waals surface area contributed by atoms with Crippen LogP contribution in [0.15, 0.2) is 24.3 Å². The number of nitrogens with one attached hydrogen (secondary N) is 3. The fraction of sp³-hybridized carbons (Fsp3) is 0.667. The van der Waals surface area contributed by atoms with Crippen molar-refractivity contribution >= 4 is 33.8 Å². The fourth-order valence-electron chi connectivity index (χ4n) is 5.32. The third-order valence-corrected chi connectivity index (χ3v) is 9.78. The number of halogens is 1. The number of rotatable bonds is 9. The number of carbonyl (C=O) groups excluding carboxylic acids is 4. The second-order valence-electron chi connectivity index (χ2n) is 14.4. The molecule has 1 aromatic carbocycles. The van der Waals surface area contributed by atoms with Crippen molar-refractivity contribution < 1.29 is 41.8 Å². The Kier molecular flexibility index (Phi) is 8.86. The molecule has 3 atom stereocenters. The van der Waals surface area contributed by atoms with Gasteiger partial charge in [0.25, 0.3) is 5.91 Å². The van der Waals surface area contributed by atoms with Crippen LogP contribution in [-0.4, -0.2) is 82.9 Å². The van der Waals surface area contributed by atoms with Gasteiger partial charge in [-0.25, -0.2) is 17.6 Å². The molecule has 0 aromatic heterocycles. The van der Waals surface area contributed by atoms with Crippen LogP contribution in [-0.2, 0) is 35.6 Å². The maximum absolute atomic E-state index is 14.1. The first-order valence-electron chi connectivity index (χ1n) is 14.8. The second kappa shape index (κ2) is 11.6. The Bertz CT molecular complexity index is 1410. The topological polar surface area (TPSA) is 171 Å². The van der Waals surface area contributed by atoms with E-state index in [-0.39, 0.29) is 32.2 Å². The summed E-state index contributed by atoms with van der Waals surface area (Å²) < 4.78 is 45.8. The van der Waals surface area contributed by atoms with E-state index in [1.807, 2.05) is 0 Å². The van der Waals surface area contributed by atoms with Gasteiger partial charge in [-0.1, -0.05) is 32.9 Å². The molecule has 0 bridgehead atoms. The Labute approximate surface area is 257 Å². The summed E-state index contributed by atoms with van der Waals surface area (Å²) in [6.45, 7) is 9.93. The molecule has 3 aliphatic rings. The molecule has 1 aromatic rings. The Balaban J connectivity index is 1.60. The minimum Gasteiger partial charge on any atom is -0.444 e. The van der Waals surface area contributed by atoms with Gasteiger partial charge < -0.3 is 25.4 Å². The van der Waals surface area contributed by atoms with Crippen molar-refractivity contribution in [1.29, 1.82) is 0 Å². The van der Waals surface area contributed by atoms with E-state index in [2.05, 4.69) is 15.4 Å². The molecule has 0 unspecified atom stereocenters. The number of carbonyl (C=O) groups is 4. The normalized spacial score (nSPS) is 23.8. The van der Waals surface area contributed by atoms with Crippen molar-refractivity contribution in [1.82, 2.24) is 20.3 Å². The molecule has 4 amide bonds. The molecule has 4 N–H and O–H groups in total. The van der Waals surface area contributed by atoms with Crippen molar-refractivity contribution in [2.75, 3.05) is 6.54 Å². The second-order valence-corrected chi connectivity index (χ2v) is 16.4. The number of nitrogens with zero attached hydrogens (tertiary/aromatic N) is 1. The summed E-state index contributed by atoms with van der Waals surface area (Å²) in [4.78, 5) is 54.8. The number of hydrogen-bond acceptors (Lipinski definition) is 8. The van der Waals surface area contributed by atoms with Gasteiger partial charge in [0, 0.05) is 12.8 Å². The number of hydrogen-bond donors (Lipinski definition) is 4. The van der Waals surface area contributed by atoms with E-state index in [0.717, 1.165) is 0 Å². The average Bonchev–Trinajstić information content (AvgIpc) is 3.80. The highest BCUT2D eigenvalue weighted by atomic mass is 32.2. The maximum Gasteiger partial charge on any atom is 0.408 e. The third-order valence-electron chi connectivity index (χ3n) is 7.97. The first-order chi connectivity index (χ1) is 20.1. The molecule has 2 aliphatic carbocycles. The van der Waals surface area contributed by atoms with Crippen LogP contribution in [0.4, 0.5) is 9.18 Å². The Morgan fingerprint density at radius 3 is 2.16 bits per heavy atom. The summed E-state index contributed by atoms with van der Waals surface area (Å²) in [6, 6.07) is 3.06. The van der Waals surface area contributed by atoms with Gasteiger partial charge in [0.15, 0.2) is 0 Å². The summed E-state index contributed by atoms with van der Waals surface area (Å²) in [7, 11) is -3.85. The van der Waals surface area contributed by atoms with Crippen LogP contribution in [0.3, 0.4) is 0 Å². The minimum absolute atomic E-state index is 0.00815. The molecule has 1 aliphatic heterocycles. The van der Waals surface area contributed by atoms with Gasteiger partial charge in [0.05, 0.1) is 17.4 Å². The van der Waals surface area contributed by atoms with Crippen molar-refractivity contribution in [3.63, 3.8) is 0 Å². The zero-order valence-corrected chi connectivity index (χ0v) is 26.8. The van der Waals surface area contributed by atoms with Crippen molar-refractivity contribution in [3.8, 4) is 0 Å². The molecule has 244 valence electrons. The molecular weight excluding hydrogens is 595 g/mol. The molecule has 12 nitrogen and oxygen atoms in total. The van der Waals surface area contributed by atoms with Gasteiger partial charge in [-0.2, -0.15) is 0 Å². The molecule has 14 heteroatoms. The summed E-state index contributed by atoms with van der Waals surface area (Å²) in [5, 5.41) is 16.3. The zero-order chi connectivity index (χ0) is 32.9. The van der Waals surface area contributed by atoms with E-state index in [0.29, 0.717) is 18.4 Å². The Hall–Kier alpha value is -3.26. The Morgan fingerprint density at radius 1 is 1.07 bits per heavy atom. The lowest BCUT2D eigenvalue weighted by atomic mass is 9.85. The molecule has 1 heterocycles. The quantitative estimate of drug-likeness (QED) is 0.318. The van der Waals surface area contributed by atoms with Crippen LogP contribution in [0.25, 0.3) is 0 Å². The maximum atomic E-state index is 14.1. The number of ether oxygens (including phenoxy) is 1. The lowest BCUT2D eigenvalue weighted by Gasteiger charge is -2.36. The van der Waals surface area contributed by atoms with E-state index in [4.69, 9.17) is 4.74 Å². The lowest BCUT2D eigenvalue weighted by molar-refractivity contribution is -0.143. The molecule has 0 radical (unpaired) electrons. The predicted octanol–water partition coefficient (Wildman–Crippen LogP) is 1.90. The van der Waals surface area contributed by atoms with Gasteiger partial charge in [-0.3, -0.25) is 19.1 Å². The van der Waals surface area contributed by atoms with Crippen LogP contribution in [0.1, 0.15) is 79.2 Å². The molecule has 3 fully saturated rings. The summed E-state index contributed by atoms with van der Waals surface area (Å²) in [6.07, 6.45) is 0.263. The lowest BCUT2D eigenvalue weighted by Crippen LogP contribution is -2.60. The van der Waals surface area contributed by atoms with Gasteiger partial charge in [-0.05, 0) is 69.6 Å². The Morgan fingerprint density at radius 2 is 1.66 bits per heavy atom. The number of alkyl carbamates (subject to hydrolysis) is 1. The molecule has 4 rings (SSSR count). The molecule has 44 heavy (non-hydrogen) atoms. The number of amides is 4. The average molecular weight is 639 g/mol. The first-order valence-corrected chi connectivity index (χ1v) is 16.3. The van der Waals surface area contributed by atoms with Crippen LogP contribution in [0, 0.1) is 11.2 Å². The largest absolute Gasteiger partial charge is 0.444 e. The molecular formula is C30H43FN4O8S. The van der Waals surface area contributed by atoms with Crippen molar-refractivity contribution in [2.24, 2.45) is 5.41 Å². The highest BCUT2D eigenvalue weighted by Gasteiger charge is 2.57. The van der Waals surface area contributed by atoms with E-state index in [1.54, 1.807) is 41.5 Å². The summed E-state index contributed by atoms with van der Waals surface area (Å²) in [5.41, 5.74) is -4.18. The van der Waals surface area contributed by atoms with E-state index >= 15 is 0 Å². The van der Waals surface area contributed by atoms with Crippen LogP contribution in [0.2, 0.25) is 0 Å². The predicted molar refractivity (Wildman–Crippen MR) is 158 cm³/mol. The first kappa shape index (κ1) is 33.6. The van der Waals surface area contributed by atoms with Gasteiger partial charge in [0.1, 0.15) is 29.0 Å². The van der Waals surface area contributed by atoms with E-state index in [9.17, 15) is 37.1 Å². The standard InChI is InChI=1S/C30H43FN4O8S/c1-27(2,3)22(32-26(39)43-28(4,5)6)24(37)35-17-29(40,15-18-7-9-19(31)10-8-18)16-21(35)23(36)33-30(13-14-30)25(38)34-44(41,42)20-11-12-20/h7-10,20-22,40H,11-17H2,1-6H3,(H,32,39)(H,33,36)(H,34,38)/t21-,22+,29-/m0/s1. The third kappa shape index (κ3) is 8.06. The molecule has 0 spiro atoms. The fourth-order valence-corrected chi connectivity index (χ4v) is 6.70. The van der Waals surface area contributed by atoms with Crippen molar-refractivity contribution in [2.45, 2.75) is 114 Å². The number of aliphatic hydroxyl groups is 1. The van der Waals surface area contributed by atoms with E-state index in [1.165, 1.54) is 29.2 Å². The highest BCUT2D eigenvalue weighted by Crippen LogP contribution is 2.39. The smallest absolute Gasteiger partial charge is 0.408 e. The zero-order valence-electron chi connectivity index (χ0n) is 26.0. The SMILES string of the molecule is CC(C)(C)OC(=O)N[C@H](C(=O)N1C[C@](O)(Cc2ccc(F)cc2)C[C@H]1C(=O)NC1(C(=O)NS(=O)(=O)C2CC2)CC1)C(C)(C)C. The monoisotopic (exact) mass is 638 g/mol. The van der Waals surface area contributed by atoms with Gasteiger partial charge >= 0.3 is 6.09 Å². The van der Waals surface area contributed by atoms with Gasteiger partial charge in [-0.15, -0.1) is 0 Å². The summed E-state index contributed by atoms with van der Waals surface area (Å²) in [5.74, 6) is -2.69.